The fraction of sp³-hybridized carbons (Fsp3) is 0.500. The first-order valence-corrected chi connectivity index (χ1v) is 6.98. The molecule has 1 fully saturated rings. The summed E-state index contributed by atoms with van der Waals surface area (Å²) in [6.07, 6.45) is 2.11. The molecule has 0 unspecified atom stereocenters. The van der Waals surface area contributed by atoms with Crippen LogP contribution in [0.5, 0.6) is 0 Å². The molecule has 2 aromatic rings. The Bertz CT molecular complexity index is 554. The van der Waals surface area contributed by atoms with Crippen LogP contribution >= 0.6 is 15.9 Å². The molecular formula is C12H14BrN3O3. The molecule has 0 radical (unpaired) electrons. The van der Waals surface area contributed by atoms with Crippen molar-refractivity contribution in [2.75, 3.05) is 13.2 Å². The lowest BCUT2D eigenvalue weighted by atomic mass is 10.2. The van der Waals surface area contributed by atoms with E-state index in [9.17, 15) is 5.11 Å². The largest absolute Gasteiger partial charge is 0.444 e. The van der Waals surface area contributed by atoms with Crippen molar-refractivity contribution in [1.82, 2.24) is 15.1 Å². The molecule has 0 bridgehead atoms. The maximum absolute atomic E-state index is 9.27. The summed E-state index contributed by atoms with van der Waals surface area (Å²) in [6.45, 7) is 1.70. The van der Waals surface area contributed by atoms with Gasteiger partial charge in [-0.25, -0.2) is 0 Å². The van der Waals surface area contributed by atoms with Crippen molar-refractivity contribution in [3.8, 4) is 11.7 Å². The molecule has 1 saturated heterocycles. The summed E-state index contributed by atoms with van der Waals surface area (Å²) in [5.74, 6) is 1.47. The molecule has 1 atom stereocenters. The van der Waals surface area contributed by atoms with Gasteiger partial charge in [0, 0.05) is 6.04 Å². The van der Waals surface area contributed by atoms with E-state index >= 15 is 0 Å². The Kier molecular flexibility index (Phi) is 3.67. The molecule has 1 N–H and O–H groups in total. The van der Waals surface area contributed by atoms with E-state index in [1.165, 1.54) is 0 Å². The van der Waals surface area contributed by atoms with E-state index in [1.54, 1.807) is 12.1 Å². The number of aliphatic hydroxyl groups is 1. The number of hydrogen-bond acceptors (Lipinski definition) is 6. The summed E-state index contributed by atoms with van der Waals surface area (Å²) in [4.78, 5) is 2.16. The zero-order valence-electron chi connectivity index (χ0n) is 10.3. The van der Waals surface area contributed by atoms with Gasteiger partial charge < -0.3 is 13.9 Å². The molecule has 3 rings (SSSR count). The molecule has 0 amide bonds. The van der Waals surface area contributed by atoms with Gasteiger partial charge in [0.15, 0.2) is 10.4 Å². The first kappa shape index (κ1) is 12.8. The lowest BCUT2D eigenvalue weighted by Gasteiger charge is -2.20. The maximum Gasteiger partial charge on any atom is 0.283 e. The van der Waals surface area contributed by atoms with Crippen LogP contribution in [-0.4, -0.2) is 39.4 Å². The number of aromatic nitrogens is 2. The third-order valence-electron chi connectivity index (χ3n) is 3.30. The van der Waals surface area contributed by atoms with Gasteiger partial charge in [-0.2, -0.15) is 0 Å². The summed E-state index contributed by atoms with van der Waals surface area (Å²) in [5.41, 5.74) is 0. The topological polar surface area (TPSA) is 75.5 Å². The van der Waals surface area contributed by atoms with Crippen molar-refractivity contribution in [3.05, 3.63) is 22.7 Å². The van der Waals surface area contributed by atoms with Gasteiger partial charge in [-0.15, -0.1) is 10.2 Å². The van der Waals surface area contributed by atoms with Crippen LogP contribution in [0.3, 0.4) is 0 Å². The molecule has 1 aliphatic rings. The minimum absolute atomic E-state index is 0.173. The van der Waals surface area contributed by atoms with E-state index in [0.717, 1.165) is 19.4 Å². The first-order chi connectivity index (χ1) is 9.26. The van der Waals surface area contributed by atoms with Gasteiger partial charge in [0.2, 0.25) is 5.89 Å². The number of rotatable bonds is 4. The van der Waals surface area contributed by atoms with E-state index in [4.69, 9.17) is 8.83 Å². The van der Waals surface area contributed by atoms with Crippen molar-refractivity contribution < 1.29 is 13.9 Å². The zero-order valence-corrected chi connectivity index (χ0v) is 11.8. The summed E-state index contributed by atoms with van der Waals surface area (Å²) >= 11 is 3.23. The molecular weight excluding hydrogens is 314 g/mol. The van der Waals surface area contributed by atoms with E-state index in [2.05, 4.69) is 31.0 Å². The van der Waals surface area contributed by atoms with E-state index in [1.807, 2.05) is 0 Å². The predicted octanol–water partition coefficient (Wildman–Crippen LogP) is 2.05. The molecule has 0 saturated carbocycles. The van der Waals surface area contributed by atoms with Gasteiger partial charge in [0.1, 0.15) is 0 Å². The second kappa shape index (κ2) is 5.44. The number of aliphatic hydroxyl groups excluding tert-OH is 1. The molecule has 0 aliphatic carbocycles. The second-order valence-corrected chi connectivity index (χ2v) is 5.34. The Hall–Kier alpha value is -1.18. The lowest BCUT2D eigenvalue weighted by Crippen LogP contribution is -2.31. The predicted molar refractivity (Wildman–Crippen MR) is 70.2 cm³/mol. The van der Waals surface area contributed by atoms with Crippen molar-refractivity contribution in [1.29, 1.82) is 0 Å². The Morgan fingerprint density at radius 2 is 2.26 bits per heavy atom. The number of likely N-dealkylation sites (tertiary alicyclic amines) is 1. The van der Waals surface area contributed by atoms with Crippen LogP contribution in [0.2, 0.25) is 0 Å². The summed E-state index contributed by atoms with van der Waals surface area (Å²) in [5, 5.41) is 17.3. The van der Waals surface area contributed by atoms with Crippen LogP contribution in [0.1, 0.15) is 18.7 Å². The molecule has 2 aromatic heterocycles. The molecule has 0 spiro atoms. The number of halogens is 1. The third-order valence-corrected chi connectivity index (χ3v) is 3.73. The van der Waals surface area contributed by atoms with Gasteiger partial charge in [0.25, 0.3) is 5.89 Å². The lowest BCUT2D eigenvalue weighted by molar-refractivity contribution is 0.144. The highest BCUT2D eigenvalue weighted by Gasteiger charge is 2.25. The molecule has 19 heavy (non-hydrogen) atoms. The highest BCUT2D eigenvalue weighted by Crippen LogP contribution is 2.25. The van der Waals surface area contributed by atoms with Gasteiger partial charge in [0.05, 0.1) is 13.2 Å². The average molecular weight is 328 g/mol. The van der Waals surface area contributed by atoms with Crippen molar-refractivity contribution in [2.45, 2.75) is 25.4 Å². The van der Waals surface area contributed by atoms with Crippen molar-refractivity contribution in [2.24, 2.45) is 0 Å². The van der Waals surface area contributed by atoms with Gasteiger partial charge in [-0.05, 0) is 47.4 Å². The quantitative estimate of drug-likeness (QED) is 0.926. The van der Waals surface area contributed by atoms with E-state index in [0.29, 0.717) is 28.8 Å². The zero-order chi connectivity index (χ0) is 13.2. The highest BCUT2D eigenvalue weighted by atomic mass is 79.9. The van der Waals surface area contributed by atoms with Crippen LogP contribution in [0.25, 0.3) is 11.7 Å². The van der Waals surface area contributed by atoms with Crippen molar-refractivity contribution in [3.63, 3.8) is 0 Å². The summed E-state index contributed by atoms with van der Waals surface area (Å²) in [6, 6.07) is 3.75. The SMILES string of the molecule is OC[C@H]1CCCN1Cc1nnc(-c2ccc(Br)o2)o1. The fourth-order valence-electron chi connectivity index (χ4n) is 2.33. The van der Waals surface area contributed by atoms with Crippen LogP contribution in [0, 0.1) is 0 Å². The standard InChI is InChI=1S/C12H14BrN3O3/c13-10-4-3-9(18-10)12-15-14-11(19-12)6-16-5-1-2-8(16)7-17/h3-4,8,17H,1-2,5-7H2/t8-/m1/s1. The van der Waals surface area contributed by atoms with E-state index < -0.39 is 0 Å². The normalized spacial score (nSPS) is 20.2. The van der Waals surface area contributed by atoms with Crippen LogP contribution in [-0.2, 0) is 6.54 Å². The molecule has 1 aliphatic heterocycles. The first-order valence-electron chi connectivity index (χ1n) is 6.19. The molecule has 3 heterocycles. The molecule has 0 aromatic carbocycles. The minimum atomic E-state index is 0.173. The Morgan fingerprint density at radius 3 is 3.00 bits per heavy atom. The monoisotopic (exact) mass is 327 g/mol. The van der Waals surface area contributed by atoms with Crippen molar-refractivity contribution >= 4 is 15.9 Å². The van der Waals surface area contributed by atoms with Gasteiger partial charge in [-0.3, -0.25) is 4.90 Å². The average Bonchev–Trinajstić information content (AvgIpc) is 3.10. The Balaban J connectivity index is 1.71. The number of furan rings is 1. The molecule has 7 heteroatoms. The van der Waals surface area contributed by atoms with Crippen LogP contribution in [0.15, 0.2) is 25.6 Å². The highest BCUT2D eigenvalue weighted by molar-refractivity contribution is 9.10. The number of hydrogen-bond donors (Lipinski definition) is 1. The minimum Gasteiger partial charge on any atom is -0.444 e. The molecule has 102 valence electrons. The summed E-state index contributed by atoms with van der Waals surface area (Å²) < 4.78 is 11.6. The van der Waals surface area contributed by atoms with E-state index in [-0.39, 0.29) is 12.6 Å². The van der Waals surface area contributed by atoms with Crippen LogP contribution < -0.4 is 0 Å². The number of nitrogens with zero attached hydrogens (tertiary/aromatic N) is 3. The molecule has 6 nitrogen and oxygen atoms in total. The Labute approximate surface area is 118 Å². The van der Waals surface area contributed by atoms with Gasteiger partial charge >= 0.3 is 0 Å². The smallest absolute Gasteiger partial charge is 0.283 e. The Morgan fingerprint density at radius 1 is 1.37 bits per heavy atom. The summed E-state index contributed by atoms with van der Waals surface area (Å²) in [7, 11) is 0. The van der Waals surface area contributed by atoms with Gasteiger partial charge in [-0.1, -0.05) is 0 Å². The third kappa shape index (κ3) is 2.72. The second-order valence-electron chi connectivity index (χ2n) is 4.55. The van der Waals surface area contributed by atoms with Crippen LogP contribution in [0.4, 0.5) is 0 Å². The fourth-order valence-corrected chi connectivity index (χ4v) is 2.64. The maximum atomic E-state index is 9.27.